The minimum atomic E-state index is -0.659. The molecule has 7 heteroatoms. The Bertz CT molecular complexity index is 894. The van der Waals surface area contributed by atoms with E-state index in [1.54, 1.807) is 30.0 Å². The molecule has 0 unspecified atom stereocenters. The van der Waals surface area contributed by atoms with Crippen molar-refractivity contribution in [2.45, 2.75) is 4.90 Å². The van der Waals surface area contributed by atoms with Crippen LogP contribution >= 0.6 is 24.0 Å². The first-order valence-corrected chi connectivity index (χ1v) is 8.94. The molecule has 2 aromatic rings. The van der Waals surface area contributed by atoms with Crippen LogP contribution in [0.1, 0.15) is 5.56 Å². The van der Waals surface area contributed by atoms with Gasteiger partial charge in [-0.2, -0.15) is 0 Å². The van der Waals surface area contributed by atoms with Crippen molar-refractivity contribution in [1.29, 1.82) is 0 Å². The van der Waals surface area contributed by atoms with E-state index in [0.29, 0.717) is 5.56 Å². The van der Waals surface area contributed by atoms with Crippen molar-refractivity contribution < 1.29 is 14.0 Å². The molecule has 0 spiro atoms. The summed E-state index contributed by atoms with van der Waals surface area (Å²) in [5, 5.41) is 2.29. The highest BCUT2D eigenvalue weighted by molar-refractivity contribution is 7.98. The summed E-state index contributed by atoms with van der Waals surface area (Å²) in [5.74, 6) is -1.86. The first kappa shape index (κ1) is 17.3. The van der Waals surface area contributed by atoms with Gasteiger partial charge in [0.05, 0.1) is 5.69 Å². The van der Waals surface area contributed by atoms with Gasteiger partial charge in [-0.15, -0.1) is 11.8 Å². The van der Waals surface area contributed by atoms with Gasteiger partial charge in [0.2, 0.25) is 0 Å². The predicted octanol–water partition coefficient (Wildman–Crippen LogP) is 3.38. The van der Waals surface area contributed by atoms with E-state index in [4.69, 9.17) is 12.2 Å². The second kappa shape index (κ2) is 7.16. The highest BCUT2D eigenvalue weighted by Crippen LogP contribution is 2.25. The highest BCUT2D eigenvalue weighted by Gasteiger charge is 2.35. The number of amides is 2. The van der Waals surface area contributed by atoms with Gasteiger partial charge in [0.15, 0.2) is 5.11 Å². The zero-order chi connectivity index (χ0) is 18.0. The van der Waals surface area contributed by atoms with Gasteiger partial charge >= 0.3 is 0 Å². The molecule has 25 heavy (non-hydrogen) atoms. The molecule has 2 amide bonds. The van der Waals surface area contributed by atoms with Crippen molar-refractivity contribution in [2.75, 3.05) is 11.2 Å². The maximum atomic E-state index is 14.1. The van der Waals surface area contributed by atoms with Gasteiger partial charge in [0.25, 0.3) is 11.8 Å². The molecule has 0 atom stereocenters. The number of nitrogens with one attached hydrogen (secondary N) is 1. The number of para-hydroxylation sites is 1. The Morgan fingerprint density at radius 3 is 2.44 bits per heavy atom. The SMILES string of the molecule is CSc1ccc(/C=C2\C(=O)NC(=S)N(c3ccccc3F)C2=O)cc1. The number of carbonyl (C=O) groups excluding carboxylic acids is 2. The number of thioether (sulfide) groups is 1. The number of nitrogens with zero attached hydrogens (tertiary/aromatic N) is 1. The van der Waals surface area contributed by atoms with Crippen LogP contribution in [0.15, 0.2) is 59.0 Å². The normalized spacial score (nSPS) is 16.3. The van der Waals surface area contributed by atoms with Gasteiger partial charge in [-0.25, -0.2) is 9.29 Å². The smallest absolute Gasteiger partial charge is 0.270 e. The summed E-state index contributed by atoms with van der Waals surface area (Å²) in [6, 6.07) is 13.2. The van der Waals surface area contributed by atoms with Gasteiger partial charge in [-0.05, 0) is 54.4 Å². The zero-order valence-corrected chi connectivity index (χ0v) is 14.8. The monoisotopic (exact) mass is 372 g/mol. The average Bonchev–Trinajstić information content (AvgIpc) is 2.60. The van der Waals surface area contributed by atoms with Crippen LogP contribution in [0.2, 0.25) is 0 Å². The molecule has 1 saturated heterocycles. The molecule has 126 valence electrons. The number of benzene rings is 2. The largest absolute Gasteiger partial charge is 0.298 e. The fraction of sp³-hybridized carbons (Fsp3) is 0.0556. The van der Waals surface area contributed by atoms with E-state index in [1.165, 1.54) is 24.3 Å². The van der Waals surface area contributed by atoms with Gasteiger partial charge in [0.1, 0.15) is 11.4 Å². The summed E-state index contributed by atoms with van der Waals surface area (Å²) in [4.78, 5) is 27.0. The Balaban J connectivity index is 2.00. The van der Waals surface area contributed by atoms with Gasteiger partial charge in [-0.1, -0.05) is 24.3 Å². The average molecular weight is 372 g/mol. The molecule has 1 aliphatic heterocycles. The van der Waals surface area contributed by atoms with Crippen LogP contribution in [0, 0.1) is 5.82 Å². The number of thiocarbonyl (C=S) groups is 1. The molecule has 1 fully saturated rings. The van der Waals surface area contributed by atoms with E-state index in [2.05, 4.69) is 5.32 Å². The lowest BCUT2D eigenvalue weighted by Gasteiger charge is -2.29. The Labute approximate surface area is 153 Å². The van der Waals surface area contributed by atoms with Crippen molar-refractivity contribution in [3.63, 3.8) is 0 Å². The van der Waals surface area contributed by atoms with Crippen LogP contribution in [-0.4, -0.2) is 23.2 Å². The van der Waals surface area contributed by atoms with Crippen molar-refractivity contribution in [3.05, 3.63) is 65.5 Å². The maximum absolute atomic E-state index is 14.1. The van der Waals surface area contributed by atoms with Crippen molar-refractivity contribution >= 4 is 52.7 Å². The van der Waals surface area contributed by atoms with Crippen molar-refractivity contribution in [2.24, 2.45) is 0 Å². The van der Waals surface area contributed by atoms with E-state index in [9.17, 15) is 14.0 Å². The van der Waals surface area contributed by atoms with Gasteiger partial charge in [0, 0.05) is 4.90 Å². The Kier molecular flexibility index (Phi) is 4.96. The van der Waals surface area contributed by atoms with Gasteiger partial charge < -0.3 is 0 Å². The lowest BCUT2D eigenvalue weighted by molar-refractivity contribution is -0.122. The molecule has 2 aromatic carbocycles. The fourth-order valence-corrected chi connectivity index (χ4v) is 3.06. The summed E-state index contributed by atoms with van der Waals surface area (Å²) in [6.07, 6.45) is 3.43. The van der Waals surface area contributed by atoms with Crippen LogP contribution in [0.25, 0.3) is 6.08 Å². The number of hydrogen-bond acceptors (Lipinski definition) is 4. The number of hydrogen-bond donors (Lipinski definition) is 1. The molecule has 0 aromatic heterocycles. The van der Waals surface area contributed by atoms with E-state index < -0.39 is 17.6 Å². The Morgan fingerprint density at radius 1 is 1.12 bits per heavy atom. The van der Waals surface area contributed by atoms with E-state index in [1.807, 2.05) is 18.4 Å². The van der Waals surface area contributed by atoms with Crippen molar-refractivity contribution in [1.82, 2.24) is 5.32 Å². The predicted molar refractivity (Wildman–Crippen MR) is 101 cm³/mol. The topological polar surface area (TPSA) is 49.4 Å². The standard InChI is InChI=1S/C18H13FN2O2S2/c1-25-12-8-6-11(7-9-12)10-13-16(22)20-18(24)21(17(13)23)15-5-3-2-4-14(15)19/h2-10H,1H3,(H,20,22,24)/b13-10+. The first-order chi connectivity index (χ1) is 12.0. The minimum absolute atomic E-state index is 0.00105. The third-order valence-electron chi connectivity index (χ3n) is 3.62. The molecule has 4 nitrogen and oxygen atoms in total. The molecule has 0 bridgehead atoms. The molecule has 3 rings (SSSR count). The summed E-state index contributed by atoms with van der Waals surface area (Å²) in [7, 11) is 0. The molecular weight excluding hydrogens is 359 g/mol. The van der Waals surface area contributed by atoms with Crippen LogP contribution in [0.4, 0.5) is 10.1 Å². The van der Waals surface area contributed by atoms with E-state index >= 15 is 0 Å². The second-order valence-corrected chi connectivity index (χ2v) is 6.45. The third-order valence-corrected chi connectivity index (χ3v) is 4.65. The summed E-state index contributed by atoms with van der Waals surface area (Å²) >= 11 is 6.64. The zero-order valence-electron chi connectivity index (χ0n) is 13.2. The third kappa shape index (κ3) is 3.47. The Hall–Kier alpha value is -2.51. The number of carbonyl (C=O) groups is 2. The van der Waals surface area contributed by atoms with Crippen LogP contribution in [0.5, 0.6) is 0 Å². The molecule has 1 aliphatic rings. The second-order valence-electron chi connectivity index (χ2n) is 5.18. The van der Waals surface area contributed by atoms with Gasteiger partial charge in [-0.3, -0.25) is 14.9 Å². The first-order valence-electron chi connectivity index (χ1n) is 7.31. The summed E-state index contributed by atoms with van der Waals surface area (Å²) < 4.78 is 14.1. The minimum Gasteiger partial charge on any atom is -0.298 e. The summed E-state index contributed by atoms with van der Waals surface area (Å²) in [6.45, 7) is 0. The van der Waals surface area contributed by atoms with E-state index in [-0.39, 0.29) is 16.4 Å². The fourth-order valence-electron chi connectivity index (χ4n) is 2.38. The lowest BCUT2D eigenvalue weighted by Crippen LogP contribution is -2.54. The molecule has 0 aliphatic carbocycles. The molecule has 1 N–H and O–H groups in total. The quantitative estimate of drug-likeness (QED) is 0.388. The number of halogens is 1. The molecule has 0 radical (unpaired) electrons. The van der Waals surface area contributed by atoms with E-state index in [0.717, 1.165) is 9.80 Å². The molecule has 0 saturated carbocycles. The highest BCUT2D eigenvalue weighted by atomic mass is 32.2. The molecule has 1 heterocycles. The number of rotatable bonds is 3. The van der Waals surface area contributed by atoms with Crippen LogP contribution < -0.4 is 10.2 Å². The molecular formula is C18H13FN2O2S2. The van der Waals surface area contributed by atoms with Crippen LogP contribution in [0.3, 0.4) is 0 Å². The lowest BCUT2D eigenvalue weighted by atomic mass is 10.1. The Morgan fingerprint density at radius 2 is 1.80 bits per heavy atom. The number of anilines is 1. The van der Waals surface area contributed by atoms with Crippen molar-refractivity contribution in [3.8, 4) is 0 Å². The van der Waals surface area contributed by atoms with Crippen LogP contribution in [-0.2, 0) is 9.59 Å². The maximum Gasteiger partial charge on any atom is 0.270 e. The summed E-state index contributed by atoms with van der Waals surface area (Å²) in [5.41, 5.74) is 0.590.